The predicted molar refractivity (Wildman–Crippen MR) is 235 cm³/mol. The van der Waals surface area contributed by atoms with Gasteiger partial charge in [-0.05, 0) is 0 Å². The van der Waals surface area contributed by atoms with E-state index < -0.39 is 6.71 Å². The first-order chi connectivity index (χ1) is 24.5. The number of nitrogens with zero attached hydrogens (tertiary/aromatic N) is 2. The maximum absolute atomic E-state index is 10.4. The summed E-state index contributed by atoms with van der Waals surface area (Å²) < 4.78 is 4.39. The van der Waals surface area contributed by atoms with Gasteiger partial charge in [0.1, 0.15) is 0 Å². The molecule has 4 fully saturated rings. The Bertz CT molecular complexity index is 2000. The fraction of sp³-hybridized carbons (Fsp3) is 0.565. The molecule has 1 heterocycles. The van der Waals surface area contributed by atoms with Gasteiger partial charge in [0.05, 0.1) is 0 Å². The van der Waals surface area contributed by atoms with Gasteiger partial charge in [-0.3, -0.25) is 0 Å². The summed E-state index contributed by atoms with van der Waals surface area (Å²) in [5, 5.41) is 0. The minimum absolute atomic E-state index is 0.127. The Morgan fingerprint density at radius 2 is 0.865 bits per heavy atom. The molecule has 1 unspecified atom stereocenters. The van der Waals surface area contributed by atoms with Crippen LogP contribution in [0.2, 0.25) is 13.5 Å². The van der Waals surface area contributed by atoms with Crippen molar-refractivity contribution in [1.82, 2.24) is 0 Å². The van der Waals surface area contributed by atoms with Gasteiger partial charge in [0.15, 0.2) is 0 Å². The Kier molecular flexibility index (Phi) is 9.02. The fourth-order valence-corrected chi connectivity index (χ4v) is 53.3. The van der Waals surface area contributed by atoms with E-state index in [2.05, 4.69) is 118 Å². The summed E-state index contributed by atoms with van der Waals surface area (Å²) in [6, 6.07) is 20.8. The molecule has 0 amide bonds. The predicted octanol–water partition coefficient (Wildman–Crippen LogP) is 14.5. The Labute approximate surface area is 319 Å². The monoisotopic (exact) mass is 850 g/mol. The van der Waals surface area contributed by atoms with Crippen molar-refractivity contribution in [2.75, 3.05) is 22.9 Å². The molecule has 0 spiro atoms. The molecule has 1 atom stereocenters. The van der Waals surface area contributed by atoms with E-state index >= 15 is 0 Å². The molecule has 3 aromatic rings. The van der Waals surface area contributed by atoms with Crippen LogP contribution in [0.1, 0.15) is 135 Å². The summed E-state index contributed by atoms with van der Waals surface area (Å²) in [7, 11) is 24.7. The van der Waals surface area contributed by atoms with Crippen LogP contribution in [0.5, 0.6) is 0 Å². The van der Waals surface area contributed by atoms with Crippen molar-refractivity contribution >= 4 is 47.3 Å². The van der Waals surface area contributed by atoms with Crippen molar-refractivity contribution < 1.29 is 6.71 Å². The second-order valence-corrected chi connectivity index (χ2v) is 61.8. The number of rotatable bonds is 6. The number of hydrogen-bond donors (Lipinski definition) is 0. The minimum atomic E-state index is -7.08. The van der Waals surface area contributed by atoms with Gasteiger partial charge in [0.25, 0.3) is 0 Å². The summed E-state index contributed by atoms with van der Waals surface area (Å²) in [6.45, 7) is 8.44. The van der Waals surface area contributed by atoms with Gasteiger partial charge in [-0.15, -0.1) is 0 Å². The van der Waals surface area contributed by atoms with Crippen LogP contribution in [0, 0.1) is 41.5 Å². The van der Waals surface area contributed by atoms with E-state index in [1.54, 1.807) is 0 Å². The molecule has 4 aliphatic rings. The van der Waals surface area contributed by atoms with Gasteiger partial charge < -0.3 is 0 Å². The zero-order chi connectivity index (χ0) is 37.1. The van der Waals surface area contributed by atoms with E-state index in [1.807, 2.05) is 0 Å². The average Bonchev–Trinajstić information content (AvgIpc) is 3.56. The van der Waals surface area contributed by atoms with Crippen molar-refractivity contribution in [3.8, 4) is 0 Å². The van der Waals surface area contributed by atoms with Crippen molar-refractivity contribution in [1.29, 1.82) is 0 Å². The molecule has 3 saturated carbocycles. The summed E-state index contributed by atoms with van der Waals surface area (Å²) in [5.41, 5.74) is 11.7. The normalized spacial score (nSPS) is 23.1. The van der Waals surface area contributed by atoms with E-state index in [0.717, 1.165) is 51.6 Å². The molecule has 1 aliphatic heterocycles. The molecule has 1 saturated heterocycles. The molecule has 2 nitrogen and oxygen atoms in total. The molecule has 288 valence electrons. The van der Waals surface area contributed by atoms with Crippen LogP contribution in [0.15, 0.2) is 54.6 Å². The van der Waals surface area contributed by atoms with Gasteiger partial charge in [0.2, 0.25) is 0 Å². The van der Waals surface area contributed by atoms with Gasteiger partial charge in [-0.2, -0.15) is 0 Å². The first-order valence-electron chi connectivity index (χ1n) is 20.4. The number of anilines is 2. The van der Waals surface area contributed by atoms with Crippen LogP contribution in [-0.4, -0.2) is 22.1 Å². The fourth-order valence-electron chi connectivity index (χ4n) is 12.5. The quantitative estimate of drug-likeness (QED) is 0.180. The molecule has 6 heteroatoms. The zero-order valence-electron chi connectivity index (χ0n) is 33.1. The van der Waals surface area contributed by atoms with Crippen molar-refractivity contribution in [3.63, 3.8) is 0 Å². The number of benzene rings is 3. The van der Waals surface area contributed by atoms with Crippen LogP contribution in [0.4, 0.5) is 11.4 Å². The molecule has 3 aromatic carbocycles. The topological polar surface area (TPSA) is 6.48 Å². The molecule has 3 aliphatic carbocycles. The van der Waals surface area contributed by atoms with Crippen molar-refractivity contribution in [2.24, 2.45) is 0 Å². The Morgan fingerprint density at radius 3 is 1.19 bits per heavy atom. The van der Waals surface area contributed by atoms with Crippen LogP contribution in [0.3, 0.4) is 0 Å². The Morgan fingerprint density at radius 1 is 0.538 bits per heavy atom. The Balaban J connectivity index is 1.91. The SMILES string of the molecule is Cc1cc(C)c(N2CCN(c3c(C)cc(C)cc3C)[C]2=[Ru]([PH2])([Cl])([Cl])(=[CH]c2ccccc2)([CH]2CCCCC2)([CH]2CCCCC2)[CH]2CCCCC2)c(C)c1. The van der Waals surface area contributed by atoms with E-state index in [9.17, 15) is 19.4 Å². The van der Waals surface area contributed by atoms with Gasteiger partial charge >= 0.3 is 322 Å². The van der Waals surface area contributed by atoms with E-state index in [4.69, 9.17) is 0 Å². The van der Waals surface area contributed by atoms with E-state index in [0.29, 0.717) is 0 Å². The molecular formula is C46H67Cl2N2PRu. The Hall–Kier alpha value is -1.37. The first kappa shape index (κ1) is 38.9. The first-order valence-corrected chi connectivity index (χ1v) is 33.2. The van der Waals surface area contributed by atoms with Crippen LogP contribution in [0.25, 0.3) is 0 Å². The van der Waals surface area contributed by atoms with Crippen molar-refractivity contribution in [2.45, 2.75) is 151 Å². The number of hydrogen-bond acceptors (Lipinski definition) is 2. The maximum atomic E-state index is 10.4. The molecule has 0 N–H and O–H groups in total. The molecule has 0 aromatic heterocycles. The molecule has 52 heavy (non-hydrogen) atoms. The summed E-state index contributed by atoms with van der Waals surface area (Å²) in [4.78, 5) is 5.53. The van der Waals surface area contributed by atoms with Gasteiger partial charge in [-0.1, -0.05) is 0 Å². The third-order valence-electron chi connectivity index (χ3n) is 14.3. The molecule has 7 rings (SSSR count). The number of halogens is 2. The van der Waals surface area contributed by atoms with Crippen LogP contribution >= 0.6 is 27.0 Å². The summed E-state index contributed by atoms with van der Waals surface area (Å²) >= 11 is 0. The van der Waals surface area contributed by atoms with E-state index in [-0.39, 0.29) is 13.5 Å². The molecule has 0 radical (unpaired) electrons. The summed E-state index contributed by atoms with van der Waals surface area (Å²) in [5.74, 6) is 0. The van der Waals surface area contributed by atoms with Crippen molar-refractivity contribution in [3.05, 3.63) is 93.5 Å². The molecule has 0 bridgehead atoms. The second kappa shape index (κ2) is 12.1. The number of aryl methyl sites for hydroxylation is 6. The van der Waals surface area contributed by atoms with E-state index in [1.165, 1.54) is 112 Å². The van der Waals surface area contributed by atoms with Crippen LogP contribution < -0.4 is 9.80 Å². The second-order valence-electron chi connectivity index (χ2n) is 17.9. The third kappa shape index (κ3) is 4.99. The van der Waals surface area contributed by atoms with Crippen LogP contribution in [-0.2, 0) is 6.71 Å². The zero-order valence-corrected chi connectivity index (χ0v) is 37.5. The average molecular weight is 851 g/mol. The van der Waals surface area contributed by atoms with Gasteiger partial charge in [-0.25, -0.2) is 0 Å². The summed E-state index contributed by atoms with van der Waals surface area (Å²) in [6.07, 6.45) is 17.4. The molecular weight excluding hydrogens is 783 g/mol. The van der Waals surface area contributed by atoms with Gasteiger partial charge in [0, 0.05) is 0 Å². The third-order valence-corrected chi connectivity index (χ3v) is 56.4. The standard InChI is InChI=1S/C21H26N2.C7H6.3C6H11.2ClH.H2P.Ru/c1-14-9-16(3)20(17(4)10-14)22-7-8-23(13-22)21-18(5)11-15(2)12-19(21)6;1-7-5-3-2-4-6-7;3*1-2-4-6-5-3-1;;;;/h9-12H,7-8H2,1-6H3;1-6H;3*1H,2-6H2;2*1H;1H2;/q;;;;;;;-1;+3/p-2.